The van der Waals surface area contributed by atoms with Crippen molar-refractivity contribution in [2.24, 2.45) is 5.92 Å². The van der Waals surface area contributed by atoms with Gasteiger partial charge in [0.25, 0.3) is 0 Å². The molecule has 1 saturated heterocycles. The van der Waals surface area contributed by atoms with Crippen molar-refractivity contribution in [3.8, 4) is 0 Å². The molecule has 1 heterocycles. The molecule has 4 amide bonds. The molecule has 0 radical (unpaired) electrons. The van der Waals surface area contributed by atoms with E-state index in [-0.39, 0.29) is 30.5 Å². The molecule has 3 aromatic rings. The highest BCUT2D eigenvalue weighted by atomic mass is 19.1. The van der Waals surface area contributed by atoms with Gasteiger partial charge in [0.15, 0.2) is 0 Å². The Morgan fingerprint density at radius 2 is 1.55 bits per heavy atom. The van der Waals surface area contributed by atoms with Crippen molar-refractivity contribution in [3.63, 3.8) is 0 Å². The first kappa shape index (κ1) is 22.0. The molecule has 3 aromatic carbocycles. The maximum atomic E-state index is 14.3. The third kappa shape index (κ3) is 5.35. The van der Waals surface area contributed by atoms with Crippen LogP contribution in [0.15, 0.2) is 72.8 Å². The van der Waals surface area contributed by atoms with Crippen LogP contribution in [0.4, 0.5) is 31.9 Å². The Hall–Kier alpha value is -4.20. The standard InChI is InChI=1S/C25H23FN4O3/c1-16-10-11-22(21(26)12-16)30-15-17(13-23(30)31)24(32)27-19-8-5-9-20(14-19)29-25(33)28-18-6-3-2-4-7-18/h2-12,14,17H,13,15H2,1H3,(H,27,32)(H2,28,29,33). The Morgan fingerprint density at radius 3 is 2.27 bits per heavy atom. The Bertz CT molecular complexity index is 1200. The van der Waals surface area contributed by atoms with E-state index >= 15 is 0 Å². The van der Waals surface area contributed by atoms with Crippen LogP contribution in [0.1, 0.15) is 12.0 Å². The zero-order valence-corrected chi connectivity index (χ0v) is 18.0. The molecule has 0 bridgehead atoms. The van der Waals surface area contributed by atoms with E-state index in [2.05, 4.69) is 16.0 Å². The third-order valence-corrected chi connectivity index (χ3v) is 5.31. The lowest BCUT2D eigenvalue weighted by atomic mass is 10.1. The molecular weight excluding hydrogens is 423 g/mol. The molecule has 1 aliphatic rings. The lowest BCUT2D eigenvalue weighted by Crippen LogP contribution is -2.28. The number of urea groups is 1. The molecule has 1 fully saturated rings. The van der Waals surface area contributed by atoms with Gasteiger partial charge in [-0.1, -0.05) is 30.3 Å². The summed E-state index contributed by atoms with van der Waals surface area (Å²) in [4.78, 5) is 38.7. The fourth-order valence-corrected chi connectivity index (χ4v) is 3.68. The maximum Gasteiger partial charge on any atom is 0.323 e. The van der Waals surface area contributed by atoms with Crippen LogP contribution in [0, 0.1) is 18.7 Å². The largest absolute Gasteiger partial charge is 0.326 e. The van der Waals surface area contributed by atoms with Crippen molar-refractivity contribution >= 4 is 40.6 Å². The van der Waals surface area contributed by atoms with Crippen molar-refractivity contribution in [1.29, 1.82) is 0 Å². The molecule has 1 unspecified atom stereocenters. The Kier molecular flexibility index (Phi) is 6.35. The third-order valence-electron chi connectivity index (χ3n) is 5.31. The van der Waals surface area contributed by atoms with Gasteiger partial charge in [-0.25, -0.2) is 9.18 Å². The molecular formula is C25H23FN4O3. The first-order valence-corrected chi connectivity index (χ1v) is 10.5. The number of anilines is 4. The highest BCUT2D eigenvalue weighted by molar-refractivity contribution is 6.04. The number of hydrogen-bond donors (Lipinski definition) is 3. The van der Waals surface area contributed by atoms with E-state index in [1.54, 1.807) is 55.5 Å². The molecule has 7 nitrogen and oxygen atoms in total. The van der Waals surface area contributed by atoms with Crippen molar-refractivity contribution < 1.29 is 18.8 Å². The molecule has 8 heteroatoms. The minimum Gasteiger partial charge on any atom is -0.326 e. The van der Waals surface area contributed by atoms with Gasteiger partial charge < -0.3 is 20.9 Å². The quantitative estimate of drug-likeness (QED) is 0.527. The van der Waals surface area contributed by atoms with Crippen LogP contribution in [0.3, 0.4) is 0 Å². The highest BCUT2D eigenvalue weighted by Gasteiger charge is 2.36. The number of amides is 4. The van der Waals surface area contributed by atoms with E-state index in [9.17, 15) is 18.8 Å². The summed E-state index contributed by atoms with van der Waals surface area (Å²) in [6.45, 7) is 1.87. The minimum absolute atomic E-state index is 0.00340. The molecule has 0 aromatic heterocycles. The number of halogens is 1. The number of para-hydroxylation sites is 1. The summed E-state index contributed by atoms with van der Waals surface area (Å²) in [5.41, 5.74) is 2.55. The van der Waals surface area contributed by atoms with E-state index in [1.165, 1.54) is 11.0 Å². The van der Waals surface area contributed by atoms with E-state index in [0.29, 0.717) is 17.1 Å². The number of carbonyl (C=O) groups is 3. The predicted molar refractivity (Wildman–Crippen MR) is 126 cm³/mol. The molecule has 0 spiro atoms. The van der Waals surface area contributed by atoms with Crippen molar-refractivity contribution in [2.75, 3.05) is 27.4 Å². The number of benzene rings is 3. The van der Waals surface area contributed by atoms with Crippen LogP contribution in [0.5, 0.6) is 0 Å². The molecule has 0 aliphatic carbocycles. The van der Waals surface area contributed by atoms with Gasteiger partial charge in [-0.05, 0) is 55.0 Å². The molecule has 1 atom stereocenters. The SMILES string of the molecule is Cc1ccc(N2CC(C(=O)Nc3cccc(NC(=O)Nc4ccccc4)c3)CC2=O)c(F)c1. The van der Waals surface area contributed by atoms with E-state index in [4.69, 9.17) is 0 Å². The van der Waals surface area contributed by atoms with Gasteiger partial charge in [0.2, 0.25) is 11.8 Å². The van der Waals surface area contributed by atoms with E-state index < -0.39 is 17.8 Å². The highest BCUT2D eigenvalue weighted by Crippen LogP contribution is 2.29. The minimum atomic E-state index is -0.615. The lowest BCUT2D eigenvalue weighted by Gasteiger charge is -2.18. The Morgan fingerprint density at radius 1 is 0.879 bits per heavy atom. The number of carbonyl (C=O) groups excluding carboxylic acids is 3. The second kappa shape index (κ2) is 9.52. The fourth-order valence-electron chi connectivity index (χ4n) is 3.68. The fraction of sp³-hybridized carbons (Fsp3) is 0.160. The second-order valence-electron chi connectivity index (χ2n) is 7.88. The first-order chi connectivity index (χ1) is 15.9. The molecule has 33 heavy (non-hydrogen) atoms. The van der Waals surface area contributed by atoms with Crippen molar-refractivity contribution in [2.45, 2.75) is 13.3 Å². The van der Waals surface area contributed by atoms with Gasteiger partial charge >= 0.3 is 6.03 Å². The summed E-state index contributed by atoms with van der Waals surface area (Å²) in [5, 5.41) is 8.21. The summed E-state index contributed by atoms with van der Waals surface area (Å²) in [5.74, 6) is -1.75. The summed E-state index contributed by atoms with van der Waals surface area (Å²) in [6.07, 6.45) is -0.00340. The Labute approximate surface area is 190 Å². The summed E-state index contributed by atoms with van der Waals surface area (Å²) < 4.78 is 14.3. The molecule has 3 N–H and O–H groups in total. The zero-order valence-electron chi connectivity index (χ0n) is 18.0. The first-order valence-electron chi connectivity index (χ1n) is 10.5. The topological polar surface area (TPSA) is 90.5 Å². The summed E-state index contributed by atoms with van der Waals surface area (Å²) >= 11 is 0. The van der Waals surface area contributed by atoms with Crippen LogP contribution in [-0.4, -0.2) is 24.4 Å². The molecule has 4 rings (SSSR count). The number of nitrogens with zero attached hydrogens (tertiary/aromatic N) is 1. The van der Waals surface area contributed by atoms with Gasteiger partial charge in [0.1, 0.15) is 5.82 Å². The van der Waals surface area contributed by atoms with Gasteiger partial charge in [-0.2, -0.15) is 0 Å². The van der Waals surface area contributed by atoms with Crippen LogP contribution < -0.4 is 20.9 Å². The number of nitrogens with one attached hydrogen (secondary N) is 3. The van der Waals surface area contributed by atoms with Gasteiger partial charge in [-0.3, -0.25) is 9.59 Å². The average Bonchev–Trinajstić information content (AvgIpc) is 3.16. The summed E-state index contributed by atoms with van der Waals surface area (Å²) in [6, 6.07) is 19.9. The smallest absolute Gasteiger partial charge is 0.323 e. The van der Waals surface area contributed by atoms with Crippen LogP contribution >= 0.6 is 0 Å². The monoisotopic (exact) mass is 446 g/mol. The average molecular weight is 446 g/mol. The Balaban J connectivity index is 1.37. The number of hydrogen-bond acceptors (Lipinski definition) is 3. The molecule has 0 saturated carbocycles. The van der Waals surface area contributed by atoms with Crippen LogP contribution in [0.25, 0.3) is 0 Å². The van der Waals surface area contributed by atoms with Crippen molar-refractivity contribution in [1.82, 2.24) is 0 Å². The lowest BCUT2D eigenvalue weighted by molar-refractivity contribution is -0.122. The van der Waals surface area contributed by atoms with Crippen LogP contribution in [0.2, 0.25) is 0 Å². The zero-order chi connectivity index (χ0) is 23.4. The maximum absolute atomic E-state index is 14.3. The molecule has 1 aliphatic heterocycles. The number of rotatable bonds is 5. The van der Waals surface area contributed by atoms with E-state index in [1.807, 2.05) is 18.2 Å². The summed E-state index contributed by atoms with van der Waals surface area (Å²) in [7, 11) is 0. The molecule has 168 valence electrons. The number of aryl methyl sites for hydroxylation is 1. The van der Waals surface area contributed by atoms with Gasteiger partial charge in [0.05, 0.1) is 11.6 Å². The van der Waals surface area contributed by atoms with Gasteiger partial charge in [0, 0.05) is 30.0 Å². The van der Waals surface area contributed by atoms with Crippen molar-refractivity contribution in [3.05, 3.63) is 84.2 Å². The normalized spacial score (nSPS) is 15.3. The van der Waals surface area contributed by atoms with Gasteiger partial charge in [-0.15, -0.1) is 0 Å². The predicted octanol–water partition coefficient (Wildman–Crippen LogP) is 4.77. The second-order valence-corrected chi connectivity index (χ2v) is 7.88. The van der Waals surface area contributed by atoms with Crippen LogP contribution in [-0.2, 0) is 9.59 Å². The van der Waals surface area contributed by atoms with E-state index in [0.717, 1.165) is 5.56 Å².